The predicted octanol–water partition coefficient (Wildman–Crippen LogP) is 1.64. The van der Waals surface area contributed by atoms with Crippen LogP contribution in [0.3, 0.4) is 0 Å². The minimum absolute atomic E-state index is 0.0522. The van der Waals surface area contributed by atoms with Gasteiger partial charge in [-0.05, 0) is 19.4 Å². The molecule has 1 saturated heterocycles. The maximum Gasteiger partial charge on any atom is 0.401 e. The molecular formula is C11H21F3N2O. The molecule has 1 unspecified atom stereocenters. The lowest BCUT2D eigenvalue weighted by molar-refractivity contribution is -0.147. The maximum absolute atomic E-state index is 12.3. The standard InChI is InChI=1S/C11H21F3N2O/c1-2-5-16(9-11(12,13)14)6-3-10-8-15-4-7-17-10/h10,15H,2-9H2,1H3. The summed E-state index contributed by atoms with van der Waals surface area (Å²) in [5.74, 6) is 0. The molecule has 3 nitrogen and oxygen atoms in total. The molecule has 0 saturated carbocycles. The Morgan fingerprint density at radius 1 is 1.35 bits per heavy atom. The fraction of sp³-hybridized carbons (Fsp3) is 1.00. The Labute approximate surface area is 100 Å². The van der Waals surface area contributed by atoms with Gasteiger partial charge in [0, 0.05) is 19.6 Å². The molecule has 0 radical (unpaired) electrons. The summed E-state index contributed by atoms with van der Waals surface area (Å²) < 4.78 is 42.4. The SMILES string of the molecule is CCCN(CCC1CNCCO1)CC(F)(F)F. The Balaban J connectivity index is 2.27. The number of rotatable bonds is 6. The summed E-state index contributed by atoms with van der Waals surface area (Å²) in [7, 11) is 0. The highest BCUT2D eigenvalue weighted by Gasteiger charge is 2.30. The van der Waals surface area contributed by atoms with Crippen molar-refractivity contribution in [3.63, 3.8) is 0 Å². The molecule has 1 rings (SSSR count). The molecule has 0 aromatic carbocycles. The molecule has 0 aromatic heterocycles. The van der Waals surface area contributed by atoms with Gasteiger partial charge >= 0.3 is 6.18 Å². The number of nitrogens with zero attached hydrogens (tertiary/aromatic N) is 1. The van der Waals surface area contributed by atoms with E-state index in [1.54, 1.807) is 0 Å². The highest BCUT2D eigenvalue weighted by molar-refractivity contribution is 4.71. The van der Waals surface area contributed by atoms with Crippen LogP contribution in [0.25, 0.3) is 0 Å². The van der Waals surface area contributed by atoms with E-state index in [2.05, 4.69) is 5.32 Å². The van der Waals surface area contributed by atoms with E-state index in [1.807, 2.05) is 6.92 Å². The van der Waals surface area contributed by atoms with Crippen molar-refractivity contribution in [2.45, 2.75) is 32.0 Å². The van der Waals surface area contributed by atoms with Gasteiger partial charge in [0.25, 0.3) is 0 Å². The van der Waals surface area contributed by atoms with E-state index >= 15 is 0 Å². The quantitative estimate of drug-likeness (QED) is 0.780. The van der Waals surface area contributed by atoms with Gasteiger partial charge in [-0.25, -0.2) is 0 Å². The van der Waals surface area contributed by atoms with Crippen LogP contribution >= 0.6 is 0 Å². The van der Waals surface area contributed by atoms with E-state index in [1.165, 1.54) is 4.90 Å². The van der Waals surface area contributed by atoms with Gasteiger partial charge in [-0.2, -0.15) is 13.2 Å². The minimum Gasteiger partial charge on any atom is -0.376 e. The van der Waals surface area contributed by atoms with Gasteiger partial charge in [0.2, 0.25) is 0 Å². The van der Waals surface area contributed by atoms with Gasteiger partial charge in [0.1, 0.15) is 0 Å². The fourth-order valence-electron chi connectivity index (χ4n) is 1.97. The molecule has 17 heavy (non-hydrogen) atoms. The van der Waals surface area contributed by atoms with E-state index in [-0.39, 0.29) is 6.10 Å². The third-order valence-electron chi connectivity index (χ3n) is 2.71. The zero-order chi connectivity index (χ0) is 12.7. The van der Waals surface area contributed by atoms with E-state index in [4.69, 9.17) is 4.74 Å². The third kappa shape index (κ3) is 6.85. The average molecular weight is 254 g/mol. The van der Waals surface area contributed by atoms with Crippen LogP contribution in [0.1, 0.15) is 19.8 Å². The first-order chi connectivity index (χ1) is 8.01. The Bertz CT molecular complexity index is 205. The Hall–Kier alpha value is -0.330. The molecule has 102 valence electrons. The number of morpholine rings is 1. The van der Waals surface area contributed by atoms with E-state index in [9.17, 15) is 13.2 Å². The molecular weight excluding hydrogens is 233 g/mol. The normalized spacial score (nSPS) is 22.1. The number of hydrogen-bond donors (Lipinski definition) is 1. The highest BCUT2D eigenvalue weighted by Crippen LogP contribution is 2.17. The number of hydrogen-bond acceptors (Lipinski definition) is 3. The molecule has 1 atom stereocenters. The largest absolute Gasteiger partial charge is 0.401 e. The molecule has 1 aliphatic rings. The fourth-order valence-corrected chi connectivity index (χ4v) is 1.97. The summed E-state index contributed by atoms with van der Waals surface area (Å²) in [6.07, 6.45) is -2.67. The minimum atomic E-state index is -4.11. The van der Waals surface area contributed by atoms with E-state index < -0.39 is 12.7 Å². The summed E-state index contributed by atoms with van der Waals surface area (Å²) in [6.45, 7) is 4.23. The molecule has 0 aromatic rings. The van der Waals surface area contributed by atoms with Crippen LogP contribution in [0.2, 0.25) is 0 Å². The summed E-state index contributed by atoms with van der Waals surface area (Å²) in [5, 5.41) is 3.17. The molecule has 0 spiro atoms. The van der Waals surface area contributed by atoms with Gasteiger partial charge in [-0.1, -0.05) is 6.92 Å². The smallest absolute Gasteiger partial charge is 0.376 e. The number of alkyl halides is 3. The van der Waals surface area contributed by atoms with Crippen LogP contribution in [0.5, 0.6) is 0 Å². The van der Waals surface area contributed by atoms with Gasteiger partial charge in [-0.3, -0.25) is 4.90 Å². The first-order valence-corrected chi connectivity index (χ1v) is 6.12. The van der Waals surface area contributed by atoms with E-state index in [0.29, 0.717) is 26.1 Å². The number of ether oxygens (including phenoxy) is 1. The van der Waals surface area contributed by atoms with E-state index in [0.717, 1.165) is 19.5 Å². The average Bonchev–Trinajstić information content (AvgIpc) is 2.26. The summed E-state index contributed by atoms with van der Waals surface area (Å²) in [5.41, 5.74) is 0. The lowest BCUT2D eigenvalue weighted by Crippen LogP contribution is -2.42. The van der Waals surface area contributed by atoms with Crippen molar-refractivity contribution in [2.75, 3.05) is 39.3 Å². The number of nitrogens with one attached hydrogen (secondary N) is 1. The van der Waals surface area contributed by atoms with Crippen molar-refractivity contribution in [3.05, 3.63) is 0 Å². The van der Waals surface area contributed by atoms with Crippen LogP contribution in [0.15, 0.2) is 0 Å². The van der Waals surface area contributed by atoms with Crippen molar-refractivity contribution in [2.24, 2.45) is 0 Å². The second-order valence-electron chi connectivity index (χ2n) is 4.38. The summed E-state index contributed by atoms with van der Waals surface area (Å²) in [4.78, 5) is 1.46. The zero-order valence-electron chi connectivity index (χ0n) is 10.2. The monoisotopic (exact) mass is 254 g/mol. The zero-order valence-corrected chi connectivity index (χ0v) is 10.2. The molecule has 1 fully saturated rings. The molecule has 0 aliphatic carbocycles. The first-order valence-electron chi connectivity index (χ1n) is 6.12. The van der Waals surface area contributed by atoms with Crippen LogP contribution in [-0.2, 0) is 4.74 Å². The number of halogens is 3. The summed E-state index contributed by atoms with van der Waals surface area (Å²) in [6, 6.07) is 0. The second kappa shape index (κ2) is 7.18. The topological polar surface area (TPSA) is 24.5 Å². The Morgan fingerprint density at radius 3 is 2.65 bits per heavy atom. The van der Waals surface area contributed by atoms with Gasteiger partial charge < -0.3 is 10.1 Å². The van der Waals surface area contributed by atoms with Crippen LogP contribution < -0.4 is 5.32 Å². The highest BCUT2D eigenvalue weighted by atomic mass is 19.4. The van der Waals surface area contributed by atoms with Crippen LogP contribution in [-0.4, -0.2) is 56.5 Å². The molecule has 1 aliphatic heterocycles. The Morgan fingerprint density at radius 2 is 2.12 bits per heavy atom. The van der Waals surface area contributed by atoms with Crippen molar-refractivity contribution in [1.29, 1.82) is 0 Å². The van der Waals surface area contributed by atoms with Crippen molar-refractivity contribution >= 4 is 0 Å². The Kier molecular flexibility index (Phi) is 6.22. The van der Waals surface area contributed by atoms with Crippen molar-refractivity contribution < 1.29 is 17.9 Å². The molecule has 0 bridgehead atoms. The predicted molar refractivity (Wildman–Crippen MR) is 60.0 cm³/mol. The molecule has 0 amide bonds. The molecule has 1 heterocycles. The van der Waals surface area contributed by atoms with Crippen molar-refractivity contribution in [1.82, 2.24) is 10.2 Å². The summed E-state index contributed by atoms with van der Waals surface area (Å²) >= 11 is 0. The molecule has 6 heteroatoms. The van der Waals surface area contributed by atoms with Crippen LogP contribution in [0, 0.1) is 0 Å². The maximum atomic E-state index is 12.3. The lowest BCUT2D eigenvalue weighted by atomic mass is 10.2. The lowest BCUT2D eigenvalue weighted by Gasteiger charge is -2.28. The van der Waals surface area contributed by atoms with Gasteiger partial charge in [-0.15, -0.1) is 0 Å². The van der Waals surface area contributed by atoms with Crippen molar-refractivity contribution in [3.8, 4) is 0 Å². The van der Waals surface area contributed by atoms with Gasteiger partial charge in [0.15, 0.2) is 0 Å². The molecule has 1 N–H and O–H groups in total. The first kappa shape index (κ1) is 14.7. The third-order valence-corrected chi connectivity index (χ3v) is 2.71. The van der Waals surface area contributed by atoms with Gasteiger partial charge in [0.05, 0.1) is 19.3 Å². The second-order valence-corrected chi connectivity index (χ2v) is 4.38. The van der Waals surface area contributed by atoms with Crippen LogP contribution in [0.4, 0.5) is 13.2 Å².